The van der Waals surface area contributed by atoms with Crippen LogP contribution in [0.4, 0.5) is 5.82 Å². The molecule has 0 atom stereocenters. The first-order valence-corrected chi connectivity index (χ1v) is 6.38. The van der Waals surface area contributed by atoms with E-state index in [1.54, 1.807) is 12.1 Å². The first-order chi connectivity index (χ1) is 8.75. The molecule has 1 aliphatic rings. The Bertz CT molecular complexity index is 455. The van der Waals surface area contributed by atoms with Crippen molar-refractivity contribution in [1.29, 1.82) is 0 Å². The van der Waals surface area contributed by atoms with E-state index < -0.39 is 5.97 Å². The Morgan fingerprint density at radius 1 is 1.39 bits per heavy atom. The van der Waals surface area contributed by atoms with E-state index in [1.165, 1.54) is 37.3 Å². The Balaban J connectivity index is 1.84. The number of aromatic carboxylic acids is 1. The highest BCUT2D eigenvalue weighted by Gasteiger charge is 2.06. The zero-order chi connectivity index (χ0) is 12.8. The predicted molar refractivity (Wildman–Crippen MR) is 70.9 cm³/mol. The van der Waals surface area contributed by atoms with Gasteiger partial charge in [-0.25, -0.2) is 9.78 Å². The molecule has 0 saturated carbocycles. The number of carboxylic acid groups (broad SMARTS) is 1. The summed E-state index contributed by atoms with van der Waals surface area (Å²) in [6.07, 6.45) is 8.33. The van der Waals surface area contributed by atoms with Gasteiger partial charge in [0, 0.05) is 6.54 Å². The summed E-state index contributed by atoms with van der Waals surface area (Å²) in [6, 6.07) is 5.00. The molecule has 0 bridgehead atoms. The van der Waals surface area contributed by atoms with Crippen LogP contribution in [-0.2, 0) is 0 Å². The van der Waals surface area contributed by atoms with Gasteiger partial charge in [0.1, 0.15) is 5.82 Å². The van der Waals surface area contributed by atoms with Crippen molar-refractivity contribution in [2.24, 2.45) is 0 Å². The van der Waals surface area contributed by atoms with E-state index >= 15 is 0 Å². The van der Waals surface area contributed by atoms with Crippen molar-refractivity contribution >= 4 is 11.8 Å². The zero-order valence-electron chi connectivity index (χ0n) is 10.4. The van der Waals surface area contributed by atoms with Gasteiger partial charge in [-0.05, 0) is 44.2 Å². The summed E-state index contributed by atoms with van der Waals surface area (Å²) >= 11 is 0. The predicted octanol–water partition coefficient (Wildman–Crippen LogP) is 3.08. The number of nitrogens with one attached hydrogen (secondary N) is 1. The van der Waals surface area contributed by atoms with E-state index in [9.17, 15) is 4.79 Å². The molecule has 0 amide bonds. The highest BCUT2D eigenvalue weighted by atomic mass is 16.4. The van der Waals surface area contributed by atoms with Crippen molar-refractivity contribution in [3.63, 3.8) is 0 Å². The molecule has 0 fully saturated rings. The van der Waals surface area contributed by atoms with Crippen molar-refractivity contribution < 1.29 is 9.90 Å². The summed E-state index contributed by atoms with van der Waals surface area (Å²) in [7, 11) is 0. The Morgan fingerprint density at radius 2 is 2.28 bits per heavy atom. The first-order valence-electron chi connectivity index (χ1n) is 6.38. The van der Waals surface area contributed by atoms with Gasteiger partial charge in [0.05, 0.1) is 0 Å². The molecule has 1 aliphatic carbocycles. The van der Waals surface area contributed by atoms with Crippen LogP contribution in [0.2, 0.25) is 0 Å². The lowest BCUT2D eigenvalue weighted by Gasteiger charge is -2.13. The van der Waals surface area contributed by atoms with Crippen molar-refractivity contribution in [3.8, 4) is 0 Å². The second kappa shape index (κ2) is 6.19. The quantitative estimate of drug-likeness (QED) is 0.784. The summed E-state index contributed by atoms with van der Waals surface area (Å²) in [5.41, 5.74) is 1.58. The maximum Gasteiger partial charge on any atom is 0.354 e. The maximum atomic E-state index is 10.8. The molecule has 1 aromatic rings. The monoisotopic (exact) mass is 246 g/mol. The van der Waals surface area contributed by atoms with Crippen LogP contribution in [0.1, 0.15) is 42.6 Å². The Morgan fingerprint density at radius 3 is 3.00 bits per heavy atom. The average molecular weight is 246 g/mol. The molecule has 18 heavy (non-hydrogen) atoms. The molecule has 0 aliphatic heterocycles. The molecule has 0 radical (unpaired) electrons. The summed E-state index contributed by atoms with van der Waals surface area (Å²) in [4.78, 5) is 14.8. The number of anilines is 1. The summed E-state index contributed by atoms with van der Waals surface area (Å²) in [6.45, 7) is 0.807. The topological polar surface area (TPSA) is 62.2 Å². The number of carbonyl (C=O) groups is 1. The van der Waals surface area contributed by atoms with Gasteiger partial charge in [-0.2, -0.15) is 0 Å². The van der Waals surface area contributed by atoms with Crippen molar-refractivity contribution in [2.75, 3.05) is 11.9 Å². The van der Waals surface area contributed by atoms with E-state index in [2.05, 4.69) is 16.4 Å². The Labute approximate surface area is 107 Å². The van der Waals surface area contributed by atoms with Crippen LogP contribution in [0, 0.1) is 0 Å². The van der Waals surface area contributed by atoms with Crippen molar-refractivity contribution in [2.45, 2.75) is 32.1 Å². The lowest BCUT2D eigenvalue weighted by Crippen LogP contribution is -2.08. The molecule has 1 heterocycles. The molecule has 96 valence electrons. The van der Waals surface area contributed by atoms with Gasteiger partial charge in [-0.15, -0.1) is 0 Å². The number of hydrogen-bond donors (Lipinski definition) is 2. The van der Waals surface area contributed by atoms with Crippen LogP contribution in [0.3, 0.4) is 0 Å². The van der Waals surface area contributed by atoms with Gasteiger partial charge < -0.3 is 10.4 Å². The highest BCUT2D eigenvalue weighted by molar-refractivity contribution is 5.85. The first kappa shape index (κ1) is 12.6. The molecule has 0 spiro atoms. The van der Waals surface area contributed by atoms with E-state index in [1.807, 2.05) is 0 Å². The molecular weight excluding hydrogens is 228 g/mol. The third kappa shape index (κ3) is 3.58. The summed E-state index contributed by atoms with van der Waals surface area (Å²) < 4.78 is 0. The lowest BCUT2D eigenvalue weighted by molar-refractivity contribution is 0.0690. The molecular formula is C14H18N2O2. The second-order valence-corrected chi connectivity index (χ2v) is 4.50. The third-order valence-corrected chi connectivity index (χ3v) is 3.11. The molecule has 4 nitrogen and oxygen atoms in total. The molecule has 2 N–H and O–H groups in total. The molecule has 0 aromatic carbocycles. The average Bonchev–Trinajstić information content (AvgIpc) is 2.40. The number of hydrogen-bond acceptors (Lipinski definition) is 3. The van der Waals surface area contributed by atoms with E-state index in [0.717, 1.165) is 13.0 Å². The van der Waals surface area contributed by atoms with Crippen molar-refractivity contribution in [3.05, 3.63) is 35.5 Å². The van der Waals surface area contributed by atoms with Crippen LogP contribution in [0.25, 0.3) is 0 Å². The highest BCUT2D eigenvalue weighted by Crippen LogP contribution is 2.19. The fraction of sp³-hybridized carbons (Fsp3) is 0.429. The normalized spacial score (nSPS) is 15.0. The van der Waals surface area contributed by atoms with Gasteiger partial charge in [0.25, 0.3) is 0 Å². The van der Waals surface area contributed by atoms with Gasteiger partial charge in [0.15, 0.2) is 5.69 Å². The fourth-order valence-electron chi connectivity index (χ4n) is 2.14. The summed E-state index contributed by atoms with van der Waals surface area (Å²) in [5.74, 6) is -0.361. The van der Waals surface area contributed by atoms with E-state index in [0.29, 0.717) is 5.82 Å². The third-order valence-electron chi connectivity index (χ3n) is 3.11. The number of carboxylic acids is 1. The minimum Gasteiger partial charge on any atom is -0.477 e. The molecule has 4 heteroatoms. The van der Waals surface area contributed by atoms with Gasteiger partial charge >= 0.3 is 5.97 Å². The van der Waals surface area contributed by atoms with Crippen LogP contribution in [-0.4, -0.2) is 22.6 Å². The molecule has 1 aromatic heterocycles. The number of pyridine rings is 1. The van der Waals surface area contributed by atoms with Crippen LogP contribution in [0.15, 0.2) is 29.8 Å². The Hall–Kier alpha value is -1.84. The Kier molecular flexibility index (Phi) is 4.34. The smallest absolute Gasteiger partial charge is 0.354 e. The standard InChI is InChI=1S/C14H18N2O2/c17-14(18)12-7-4-8-13(16-12)15-10-9-11-5-2-1-3-6-11/h4-5,7-8H,1-3,6,9-10H2,(H,15,16)(H,17,18). The molecule has 0 unspecified atom stereocenters. The molecule has 0 saturated heterocycles. The second-order valence-electron chi connectivity index (χ2n) is 4.50. The van der Waals surface area contributed by atoms with E-state index in [4.69, 9.17) is 5.11 Å². The van der Waals surface area contributed by atoms with Crippen LogP contribution in [0.5, 0.6) is 0 Å². The molecule has 2 rings (SSSR count). The number of allylic oxidation sites excluding steroid dienone is 1. The lowest BCUT2D eigenvalue weighted by atomic mass is 9.97. The zero-order valence-corrected chi connectivity index (χ0v) is 10.4. The summed E-state index contributed by atoms with van der Waals surface area (Å²) in [5, 5.41) is 12.0. The largest absolute Gasteiger partial charge is 0.477 e. The number of nitrogens with zero attached hydrogens (tertiary/aromatic N) is 1. The SMILES string of the molecule is O=C(O)c1cccc(NCCC2=CCCCC2)n1. The van der Waals surface area contributed by atoms with Gasteiger partial charge in [-0.3, -0.25) is 0 Å². The number of rotatable bonds is 5. The fourth-order valence-corrected chi connectivity index (χ4v) is 2.14. The maximum absolute atomic E-state index is 10.8. The van der Waals surface area contributed by atoms with Crippen LogP contribution < -0.4 is 5.32 Å². The number of aromatic nitrogens is 1. The van der Waals surface area contributed by atoms with Gasteiger partial charge in [-0.1, -0.05) is 17.7 Å². The minimum absolute atomic E-state index is 0.0804. The minimum atomic E-state index is -0.992. The van der Waals surface area contributed by atoms with Crippen molar-refractivity contribution in [1.82, 2.24) is 4.98 Å². The van der Waals surface area contributed by atoms with Gasteiger partial charge in [0.2, 0.25) is 0 Å². The van der Waals surface area contributed by atoms with Crippen LogP contribution >= 0.6 is 0 Å². The van der Waals surface area contributed by atoms with E-state index in [-0.39, 0.29) is 5.69 Å².